The zero-order chi connectivity index (χ0) is 31.1. The highest BCUT2D eigenvalue weighted by atomic mass is 16.5. The molecule has 1 aliphatic rings. The minimum absolute atomic E-state index is 0.153. The van der Waals surface area contributed by atoms with Gasteiger partial charge in [0.05, 0.1) is 6.61 Å². The van der Waals surface area contributed by atoms with Crippen molar-refractivity contribution in [2.24, 2.45) is 0 Å². The first kappa shape index (κ1) is 32.1. The lowest BCUT2D eigenvalue weighted by Crippen LogP contribution is -2.43. The van der Waals surface area contributed by atoms with Gasteiger partial charge < -0.3 is 29.6 Å². The Balaban J connectivity index is 1.56. The van der Waals surface area contributed by atoms with Gasteiger partial charge in [-0.1, -0.05) is 18.2 Å². The fourth-order valence-corrected chi connectivity index (χ4v) is 6.44. The van der Waals surface area contributed by atoms with Gasteiger partial charge in [-0.2, -0.15) is 0 Å². The molecular weight excluding hydrogens is 540 g/mol. The maximum Gasteiger partial charge on any atom is 0.253 e. The Kier molecular flexibility index (Phi) is 10.9. The molecule has 43 heavy (non-hydrogen) atoms. The number of carbonyl (C=O) groups excluding carboxylic acids is 1. The van der Waals surface area contributed by atoms with E-state index in [1.807, 2.05) is 26.8 Å². The van der Waals surface area contributed by atoms with Gasteiger partial charge in [0.1, 0.15) is 12.4 Å². The Morgan fingerprint density at radius 2 is 1.65 bits per heavy atom. The van der Waals surface area contributed by atoms with Crippen molar-refractivity contribution in [2.75, 3.05) is 43.7 Å². The van der Waals surface area contributed by atoms with Crippen molar-refractivity contribution >= 4 is 17.3 Å². The van der Waals surface area contributed by atoms with Crippen LogP contribution in [0.15, 0.2) is 47.3 Å². The lowest BCUT2D eigenvalue weighted by atomic mass is 9.88. The largest absolute Gasteiger partial charge is 0.491 e. The predicted molar refractivity (Wildman–Crippen MR) is 175 cm³/mol. The third kappa shape index (κ3) is 7.60. The number of methoxy groups -OCH3 is 1. The average molecular weight is 589 g/mol. The number of aromatic nitrogens is 1. The first-order valence-corrected chi connectivity index (χ1v) is 15.4. The maximum atomic E-state index is 13.6. The van der Waals surface area contributed by atoms with Gasteiger partial charge >= 0.3 is 0 Å². The molecule has 8 heteroatoms. The summed E-state index contributed by atoms with van der Waals surface area (Å²) in [6, 6.07) is 15.2. The summed E-state index contributed by atoms with van der Waals surface area (Å²) < 4.78 is 11.2. The second kappa shape index (κ2) is 14.6. The van der Waals surface area contributed by atoms with Crippen LogP contribution in [0.1, 0.15) is 70.9 Å². The first-order chi connectivity index (χ1) is 20.6. The Morgan fingerprint density at radius 1 is 0.953 bits per heavy atom. The van der Waals surface area contributed by atoms with Crippen LogP contribution < -0.4 is 25.4 Å². The highest BCUT2D eigenvalue weighted by Gasteiger charge is 2.30. The van der Waals surface area contributed by atoms with Gasteiger partial charge in [0.15, 0.2) is 0 Å². The molecule has 0 unspecified atom stereocenters. The van der Waals surface area contributed by atoms with Crippen LogP contribution in [-0.2, 0) is 11.3 Å². The summed E-state index contributed by atoms with van der Waals surface area (Å²) in [6.45, 7) is 11.9. The van der Waals surface area contributed by atoms with Crippen molar-refractivity contribution in [3.63, 3.8) is 0 Å². The number of hydrogen-bond acceptors (Lipinski definition) is 6. The quantitative estimate of drug-likeness (QED) is 0.259. The van der Waals surface area contributed by atoms with E-state index in [2.05, 4.69) is 71.3 Å². The number of rotatable bonds is 12. The van der Waals surface area contributed by atoms with E-state index < -0.39 is 0 Å². The SMILES string of the molecule is CCN(c1cc(OCCOC)cc(C(=O)NCc2c(C)cc(C)[nH]c2=O)c1C)C1CCC(N(C)c2ccccc2C)CC1. The number of para-hydroxylation sites is 1. The van der Waals surface area contributed by atoms with Crippen molar-refractivity contribution in [1.82, 2.24) is 10.3 Å². The molecule has 0 spiro atoms. The first-order valence-electron chi connectivity index (χ1n) is 15.4. The van der Waals surface area contributed by atoms with Crippen molar-refractivity contribution < 1.29 is 14.3 Å². The normalized spacial score (nSPS) is 16.5. The molecule has 2 aromatic carbocycles. The summed E-state index contributed by atoms with van der Waals surface area (Å²) >= 11 is 0. The second-order valence-electron chi connectivity index (χ2n) is 11.7. The molecule has 1 amide bonds. The van der Waals surface area contributed by atoms with Crippen molar-refractivity contribution in [3.05, 3.63) is 86.3 Å². The Morgan fingerprint density at radius 3 is 2.30 bits per heavy atom. The number of hydrogen-bond donors (Lipinski definition) is 2. The van der Waals surface area contributed by atoms with Gasteiger partial charge in [-0.15, -0.1) is 0 Å². The third-order valence-electron chi connectivity index (χ3n) is 8.87. The number of aryl methyl sites for hydroxylation is 3. The molecule has 0 saturated heterocycles. The van der Waals surface area contributed by atoms with E-state index in [1.54, 1.807) is 13.2 Å². The topological polar surface area (TPSA) is 86.9 Å². The van der Waals surface area contributed by atoms with E-state index in [9.17, 15) is 9.59 Å². The standard InChI is InChI=1S/C35H48N4O4/c1-8-39(28-15-13-27(14-16-28)38(6)32-12-10-9-11-23(32)2)33-21-29(43-18-17-42-7)20-30(26(33)5)34(40)36-22-31-24(3)19-25(4)37-35(31)41/h9-12,19-21,27-28H,8,13-18,22H2,1-7H3,(H,36,40)(H,37,41). The van der Waals surface area contributed by atoms with Crippen LogP contribution in [0.4, 0.5) is 11.4 Å². The lowest BCUT2D eigenvalue weighted by molar-refractivity contribution is 0.0949. The molecule has 2 N–H and O–H groups in total. The Labute approximate surface area is 256 Å². The van der Waals surface area contributed by atoms with Gasteiger partial charge in [-0.25, -0.2) is 0 Å². The van der Waals surface area contributed by atoms with Gasteiger partial charge in [-0.3, -0.25) is 9.59 Å². The number of nitrogens with one attached hydrogen (secondary N) is 2. The summed E-state index contributed by atoms with van der Waals surface area (Å²) in [4.78, 5) is 33.9. The van der Waals surface area contributed by atoms with E-state index in [4.69, 9.17) is 9.47 Å². The van der Waals surface area contributed by atoms with E-state index in [1.165, 1.54) is 11.3 Å². The van der Waals surface area contributed by atoms with Crippen LogP contribution in [0.3, 0.4) is 0 Å². The average Bonchev–Trinajstić information content (AvgIpc) is 2.98. The predicted octanol–water partition coefficient (Wildman–Crippen LogP) is 5.84. The molecule has 1 aromatic heterocycles. The molecule has 0 bridgehead atoms. The Bertz CT molecular complexity index is 1460. The molecule has 3 aromatic rings. The number of ether oxygens (including phenoxy) is 2. The molecule has 232 valence electrons. The number of carbonyl (C=O) groups is 1. The number of aromatic amines is 1. The second-order valence-corrected chi connectivity index (χ2v) is 11.7. The lowest BCUT2D eigenvalue weighted by Gasteiger charge is -2.42. The summed E-state index contributed by atoms with van der Waals surface area (Å²) in [5.41, 5.74) is 7.13. The number of H-pyrrole nitrogens is 1. The van der Waals surface area contributed by atoms with E-state index >= 15 is 0 Å². The molecular formula is C35H48N4O4. The minimum atomic E-state index is -0.227. The zero-order valence-electron chi connectivity index (χ0n) is 26.9. The number of pyridine rings is 1. The minimum Gasteiger partial charge on any atom is -0.491 e. The number of benzene rings is 2. The van der Waals surface area contributed by atoms with Crippen LogP contribution in [0, 0.1) is 27.7 Å². The van der Waals surface area contributed by atoms with Crippen molar-refractivity contribution in [3.8, 4) is 5.75 Å². The van der Waals surface area contributed by atoms with Gasteiger partial charge in [0.2, 0.25) is 0 Å². The van der Waals surface area contributed by atoms with Gasteiger partial charge in [0, 0.05) is 73.6 Å². The fraction of sp³-hybridized carbons (Fsp3) is 0.486. The number of nitrogens with zero attached hydrogens (tertiary/aromatic N) is 2. The summed E-state index contributed by atoms with van der Waals surface area (Å²) in [5.74, 6) is 0.411. The highest BCUT2D eigenvalue weighted by molar-refractivity contribution is 5.97. The molecule has 0 aliphatic heterocycles. The Hall–Kier alpha value is -3.78. The summed E-state index contributed by atoms with van der Waals surface area (Å²) in [7, 11) is 3.86. The van der Waals surface area contributed by atoms with E-state index in [-0.39, 0.29) is 18.0 Å². The van der Waals surface area contributed by atoms with E-state index in [0.29, 0.717) is 42.2 Å². The molecule has 8 nitrogen and oxygen atoms in total. The molecule has 1 aliphatic carbocycles. The van der Waals surface area contributed by atoms with Crippen LogP contribution in [0.2, 0.25) is 0 Å². The van der Waals surface area contributed by atoms with Crippen LogP contribution >= 0.6 is 0 Å². The van der Waals surface area contributed by atoms with Crippen molar-refractivity contribution in [1.29, 1.82) is 0 Å². The molecule has 4 rings (SSSR count). The van der Waals surface area contributed by atoms with Crippen molar-refractivity contribution in [2.45, 2.75) is 78.9 Å². The highest BCUT2D eigenvalue weighted by Crippen LogP contribution is 2.36. The molecule has 1 saturated carbocycles. The summed E-state index contributed by atoms with van der Waals surface area (Å²) in [6.07, 6.45) is 4.35. The molecule has 0 atom stereocenters. The zero-order valence-corrected chi connectivity index (χ0v) is 26.9. The smallest absolute Gasteiger partial charge is 0.253 e. The van der Waals surface area contributed by atoms with Crippen LogP contribution in [0.25, 0.3) is 0 Å². The van der Waals surface area contributed by atoms with Crippen LogP contribution in [-0.4, -0.2) is 56.9 Å². The molecule has 1 heterocycles. The van der Waals surface area contributed by atoms with Crippen LogP contribution in [0.5, 0.6) is 5.75 Å². The monoisotopic (exact) mass is 588 g/mol. The third-order valence-corrected chi connectivity index (χ3v) is 8.87. The van der Waals surface area contributed by atoms with Gasteiger partial charge in [-0.05, 0) is 95.2 Å². The van der Waals surface area contributed by atoms with E-state index in [0.717, 1.165) is 54.7 Å². The molecule has 1 fully saturated rings. The number of anilines is 2. The number of amides is 1. The summed E-state index contributed by atoms with van der Waals surface area (Å²) in [5, 5.41) is 2.99. The fourth-order valence-electron chi connectivity index (χ4n) is 6.44. The molecule has 0 radical (unpaired) electrons. The maximum absolute atomic E-state index is 13.6. The van der Waals surface area contributed by atoms with Gasteiger partial charge in [0.25, 0.3) is 11.5 Å².